The maximum atomic E-state index is 12.2. The van der Waals surface area contributed by atoms with Gasteiger partial charge in [0, 0.05) is 13.1 Å². The van der Waals surface area contributed by atoms with Crippen LogP contribution >= 0.6 is 0 Å². The Hall–Kier alpha value is -1.59. The second-order valence-corrected chi connectivity index (χ2v) is 3.80. The fraction of sp³-hybridized carbons (Fsp3) is 0.417. The monoisotopic (exact) mass is 237 g/mol. The highest BCUT2D eigenvalue weighted by molar-refractivity contribution is 5.99. The smallest absolute Gasteiger partial charge is 0.256 e. The Morgan fingerprint density at radius 1 is 1.53 bits per heavy atom. The van der Waals surface area contributed by atoms with Crippen molar-refractivity contribution in [2.24, 2.45) is 5.84 Å². The van der Waals surface area contributed by atoms with Crippen LogP contribution in [0.4, 0.5) is 5.69 Å². The first kappa shape index (κ1) is 13.5. The van der Waals surface area contributed by atoms with Gasteiger partial charge in [-0.05, 0) is 26.0 Å². The van der Waals surface area contributed by atoms with Crippen molar-refractivity contribution < 1.29 is 9.90 Å². The molecular weight excluding hydrogens is 218 g/mol. The van der Waals surface area contributed by atoms with Crippen LogP contribution in [0.2, 0.25) is 0 Å². The number of benzene rings is 1. The normalized spacial score (nSPS) is 10.1. The average Bonchev–Trinajstić information content (AvgIpc) is 2.35. The first-order valence-corrected chi connectivity index (χ1v) is 5.61. The molecular formula is C12H19N3O2. The lowest BCUT2D eigenvalue weighted by molar-refractivity contribution is 0.0733. The van der Waals surface area contributed by atoms with Crippen LogP contribution in [0, 0.1) is 6.92 Å². The standard InChI is InChI=1S/C12H19N3O2/c1-3-15(6-7-16)12(17)10-8-9(2)4-5-11(10)14-13/h4-5,8,14,16H,3,6-7,13H2,1-2H3. The number of nitrogens with one attached hydrogen (secondary N) is 1. The fourth-order valence-corrected chi connectivity index (χ4v) is 1.66. The number of carbonyl (C=O) groups is 1. The summed E-state index contributed by atoms with van der Waals surface area (Å²) in [6.45, 7) is 4.62. The Bertz CT molecular complexity index is 393. The Labute approximate surface area is 101 Å². The summed E-state index contributed by atoms with van der Waals surface area (Å²) >= 11 is 0. The van der Waals surface area contributed by atoms with E-state index < -0.39 is 0 Å². The predicted octanol–water partition coefficient (Wildman–Crippen LogP) is 0.735. The molecule has 0 saturated carbocycles. The van der Waals surface area contributed by atoms with E-state index in [4.69, 9.17) is 10.9 Å². The molecule has 1 rings (SSSR count). The molecule has 0 unspecified atom stereocenters. The molecule has 0 aliphatic rings. The van der Waals surface area contributed by atoms with Gasteiger partial charge in [0.15, 0.2) is 0 Å². The molecule has 0 aliphatic heterocycles. The van der Waals surface area contributed by atoms with Gasteiger partial charge in [-0.25, -0.2) is 0 Å². The van der Waals surface area contributed by atoms with Crippen molar-refractivity contribution in [1.29, 1.82) is 0 Å². The highest BCUT2D eigenvalue weighted by Gasteiger charge is 2.17. The van der Waals surface area contributed by atoms with Crippen LogP contribution < -0.4 is 11.3 Å². The zero-order valence-electron chi connectivity index (χ0n) is 10.2. The van der Waals surface area contributed by atoms with Gasteiger partial charge in [0.25, 0.3) is 5.91 Å². The van der Waals surface area contributed by atoms with Gasteiger partial charge in [-0.2, -0.15) is 0 Å². The van der Waals surface area contributed by atoms with Crippen molar-refractivity contribution in [3.8, 4) is 0 Å². The lowest BCUT2D eigenvalue weighted by atomic mass is 10.1. The van der Waals surface area contributed by atoms with Crippen LogP contribution in [-0.2, 0) is 0 Å². The molecule has 0 fully saturated rings. The van der Waals surface area contributed by atoms with Crippen LogP contribution in [0.25, 0.3) is 0 Å². The first-order chi connectivity index (χ1) is 8.13. The lowest BCUT2D eigenvalue weighted by Crippen LogP contribution is -2.34. The summed E-state index contributed by atoms with van der Waals surface area (Å²) < 4.78 is 0. The van der Waals surface area contributed by atoms with Crippen molar-refractivity contribution in [1.82, 2.24) is 4.90 Å². The zero-order chi connectivity index (χ0) is 12.8. The predicted molar refractivity (Wildman–Crippen MR) is 67.7 cm³/mol. The van der Waals surface area contributed by atoms with E-state index in [1.807, 2.05) is 19.9 Å². The minimum atomic E-state index is -0.127. The lowest BCUT2D eigenvalue weighted by Gasteiger charge is -2.21. The molecule has 0 spiro atoms. The number of hydrogen-bond donors (Lipinski definition) is 3. The van der Waals surface area contributed by atoms with E-state index in [-0.39, 0.29) is 12.5 Å². The molecule has 17 heavy (non-hydrogen) atoms. The summed E-state index contributed by atoms with van der Waals surface area (Å²) in [6.07, 6.45) is 0. The number of nitrogens with two attached hydrogens (primary N) is 1. The number of nitrogens with zero attached hydrogens (tertiary/aromatic N) is 1. The van der Waals surface area contributed by atoms with Gasteiger partial charge in [0.2, 0.25) is 0 Å². The third-order valence-corrected chi connectivity index (χ3v) is 2.60. The maximum Gasteiger partial charge on any atom is 0.256 e. The van der Waals surface area contributed by atoms with Crippen molar-refractivity contribution >= 4 is 11.6 Å². The number of aliphatic hydroxyl groups is 1. The third kappa shape index (κ3) is 3.18. The minimum Gasteiger partial charge on any atom is -0.395 e. The molecule has 5 nitrogen and oxygen atoms in total. The van der Waals surface area contributed by atoms with E-state index in [2.05, 4.69) is 5.43 Å². The van der Waals surface area contributed by atoms with E-state index in [0.29, 0.717) is 24.3 Å². The van der Waals surface area contributed by atoms with Gasteiger partial charge >= 0.3 is 0 Å². The molecule has 0 saturated heterocycles. The molecule has 1 amide bonds. The third-order valence-electron chi connectivity index (χ3n) is 2.60. The number of hydrazine groups is 1. The topological polar surface area (TPSA) is 78.6 Å². The highest BCUT2D eigenvalue weighted by Crippen LogP contribution is 2.18. The fourth-order valence-electron chi connectivity index (χ4n) is 1.66. The summed E-state index contributed by atoms with van der Waals surface area (Å²) in [6, 6.07) is 5.45. The second kappa shape index (κ2) is 6.22. The van der Waals surface area contributed by atoms with Gasteiger partial charge in [-0.1, -0.05) is 11.6 Å². The van der Waals surface area contributed by atoms with E-state index in [0.717, 1.165) is 5.56 Å². The number of carbonyl (C=O) groups excluding carboxylic acids is 1. The van der Waals surface area contributed by atoms with Crippen LogP contribution in [-0.4, -0.2) is 35.6 Å². The molecule has 4 N–H and O–H groups in total. The number of anilines is 1. The Morgan fingerprint density at radius 2 is 2.24 bits per heavy atom. The van der Waals surface area contributed by atoms with E-state index in [1.165, 1.54) is 0 Å². The molecule has 0 radical (unpaired) electrons. The molecule has 0 bridgehead atoms. The van der Waals surface area contributed by atoms with Gasteiger partial charge < -0.3 is 15.4 Å². The van der Waals surface area contributed by atoms with Crippen molar-refractivity contribution in [2.45, 2.75) is 13.8 Å². The van der Waals surface area contributed by atoms with Crippen LogP contribution in [0.3, 0.4) is 0 Å². The molecule has 0 atom stereocenters. The number of rotatable bonds is 5. The van der Waals surface area contributed by atoms with Crippen molar-refractivity contribution in [3.63, 3.8) is 0 Å². The summed E-state index contributed by atoms with van der Waals surface area (Å²) in [7, 11) is 0. The summed E-state index contributed by atoms with van der Waals surface area (Å²) in [4.78, 5) is 13.8. The molecule has 0 aromatic heterocycles. The molecule has 0 heterocycles. The molecule has 94 valence electrons. The SMILES string of the molecule is CCN(CCO)C(=O)c1cc(C)ccc1NN. The van der Waals surface area contributed by atoms with Crippen LogP contribution in [0.5, 0.6) is 0 Å². The first-order valence-electron chi connectivity index (χ1n) is 5.61. The van der Waals surface area contributed by atoms with E-state index in [9.17, 15) is 4.79 Å². The molecule has 1 aromatic carbocycles. The number of aryl methyl sites for hydroxylation is 1. The van der Waals surface area contributed by atoms with Crippen LogP contribution in [0.1, 0.15) is 22.8 Å². The van der Waals surface area contributed by atoms with Crippen LogP contribution in [0.15, 0.2) is 18.2 Å². The Balaban J connectivity index is 3.04. The number of nitrogen functional groups attached to an aromatic ring is 1. The van der Waals surface area contributed by atoms with Gasteiger partial charge in [-0.3, -0.25) is 10.6 Å². The number of hydrogen-bond acceptors (Lipinski definition) is 4. The Kier molecular flexibility index (Phi) is 4.93. The van der Waals surface area contributed by atoms with Crippen molar-refractivity contribution in [3.05, 3.63) is 29.3 Å². The largest absolute Gasteiger partial charge is 0.395 e. The zero-order valence-corrected chi connectivity index (χ0v) is 10.2. The second-order valence-electron chi connectivity index (χ2n) is 3.80. The molecule has 0 aliphatic carbocycles. The van der Waals surface area contributed by atoms with Gasteiger partial charge in [0.05, 0.1) is 17.9 Å². The number of likely N-dealkylation sites (N-methyl/N-ethyl adjacent to an activating group) is 1. The molecule has 1 aromatic rings. The summed E-state index contributed by atoms with van der Waals surface area (Å²) in [5.41, 5.74) is 4.63. The quantitative estimate of drug-likeness (QED) is 0.521. The summed E-state index contributed by atoms with van der Waals surface area (Å²) in [5, 5.41) is 8.91. The van der Waals surface area contributed by atoms with Gasteiger partial charge in [0.1, 0.15) is 0 Å². The number of aliphatic hydroxyl groups excluding tert-OH is 1. The number of amides is 1. The average molecular weight is 237 g/mol. The van der Waals surface area contributed by atoms with Gasteiger partial charge in [-0.15, -0.1) is 0 Å². The van der Waals surface area contributed by atoms with E-state index >= 15 is 0 Å². The summed E-state index contributed by atoms with van der Waals surface area (Å²) in [5.74, 6) is 5.26. The highest BCUT2D eigenvalue weighted by atomic mass is 16.3. The van der Waals surface area contributed by atoms with E-state index in [1.54, 1.807) is 17.0 Å². The van der Waals surface area contributed by atoms with Crippen molar-refractivity contribution in [2.75, 3.05) is 25.1 Å². The maximum absolute atomic E-state index is 12.2. The minimum absolute atomic E-state index is 0.0449. The molecule has 5 heteroatoms. The Morgan fingerprint density at radius 3 is 2.76 bits per heavy atom.